The molecule has 1 atom stereocenters. The van der Waals surface area contributed by atoms with Crippen LogP contribution in [0.3, 0.4) is 0 Å². The normalized spacial score (nSPS) is 14.4. The highest BCUT2D eigenvalue weighted by Gasteiger charge is 2.23. The van der Waals surface area contributed by atoms with Crippen LogP contribution in [0.2, 0.25) is 0 Å². The van der Waals surface area contributed by atoms with Gasteiger partial charge in [-0.2, -0.15) is 0 Å². The smallest absolute Gasteiger partial charge is 0.291 e. The number of aromatic amines is 1. The maximum atomic E-state index is 11.8. The molecule has 1 amide bonds. The fraction of sp³-hybridized carbons (Fsp3) is 0.769. The molecular formula is C13H24N4O2. The highest BCUT2D eigenvalue weighted by atomic mass is 16.3. The number of hydrogen-bond donors (Lipinski definition) is 3. The summed E-state index contributed by atoms with van der Waals surface area (Å²) >= 11 is 0. The van der Waals surface area contributed by atoms with Crippen molar-refractivity contribution in [3.63, 3.8) is 0 Å². The minimum Gasteiger partial charge on any atom is -0.388 e. The van der Waals surface area contributed by atoms with Crippen molar-refractivity contribution in [2.75, 3.05) is 6.54 Å². The molecule has 1 rings (SSSR count). The van der Waals surface area contributed by atoms with Gasteiger partial charge in [0.15, 0.2) is 0 Å². The van der Waals surface area contributed by atoms with Gasteiger partial charge >= 0.3 is 0 Å². The molecule has 0 aliphatic carbocycles. The predicted molar refractivity (Wildman–Crippen MR) is 72.8 cm³/mol. The second-order valence-corrected chi connectivity index (χ2v) is 5.63. The first kappa shape index (κ1) is 15.6. The van der Waals surface area contributed by atoms with Gasteiger partial charge in [-0.25, -0.2) is 4.98 Å². The van der Waals surface area contributed by atoms with E-state index in [1.807, 2.05) is 20.8 Å². The first-order valence-corrected chi connectivity index (χ1v) is 6.76. The fourth-order valence-corrected chi connectivity index (χ4v) is 2.05. The zero-order valence-electron chi connectivity index (χ0n) is 12.2. The summed E-state index contributed by atoms with van der Waals surface area (Å²) in [7, 11) is 0. The summed E-state index contributed by atoms with van der Waals surface area (Å²) in [4.78, 5) is 15.9. The van der Waals surface area contributed by atoms with Gasteiger partial charge < -0.3 is 10.4 Å². The second-order valence-electron chi connectivity index (χ2n) is 5.63. The van der Waals surface area contributed by atoms with Crippen LogP contribution < -0.4 is 5.32 Å². The maximum Gasteiger partial charge on any atom is 0.291 e. The van der Waals surface area contributed by atoms with Gasteiger partial charge in [0.1, 0.15) is 5.82 Å². The van der Waals surface area contributed by atoms with Gasteiger partial charge in [-0.15, -0.1) is 5.10 Å². The van der Waals surface area contributed by atoms with E-state index in [-0.39, 0.29) is 18.3 Å². The Kier molecular flexibility index (Phi) is 5.47. The van der Waals surface area contributed by atoms with Crippen molar-refractivity contribution in [2.45, 2.75) is 52.6 Å². The van der Waals surface area contributed by atoms with Gasteiger partial charge in [0.05, 0.1) is 5.60 Å². The van der Waals surface area contributed by atoms with E-state index in [2.05, 4.69) is 20.5 Å². The van der Waals surface area contributed by atoms with E-state index in [0.29, 0.717) is 18.2 Å². The molecular weight excluding hydrogens is 244 g/mol. The molecule has 0 fully saturated rings. The number of aliphatic hydroxyl groups is 1. The Balaban J connectivity index is 2.50. The average molecular weight is 268 g/mol. The number of carbonyl (C=O) groups excluding carboxylic acids is 1. The standard InChI is InChI=1S/C13H24N4O2/c1-5-6-10-15-11(17-16-10)12(18)14-8-13(4,19)7-9(2)3/h9,19H,5-8H2,1-4H3,(H,14,18)(H,15,16,17). The van der Waals surface area contributed by atoms with Crippen LogP contribution >= 0.6 is 0 Å². The summed E-state index contributed by atoms with van der Waals surface area (Å²) in [6, 6.07) is 0. The molecule has 19 heavy (non-hydrogen) atoms. The van der Waals surface area contributed by atoms with Crippen LogP contribution in [0.15, 0.2) is 0 Å². The van der Waals surface area contributed by atoms with Crippen molar-refractivity contribution < 1.29 is 9.90 Å². The number of aryl methyl sites for hydroxylation is 1. The molecule has 108 valence electrons. The van der Waals surface area contributed by atoms with E-state index in [0.717, 1.165) is 12.8 Å². The Morgan fingerprint density at radius 1 is 1.53 bits per heavy atom. The summed E-state index contributed by atoms with van der Waals surface area (Å²) in [6.45, 7) is 8.01. The van der Waals surface area contributed by atoms with Crippen molar-refractivity contribution in [3.05, 3.63) is 11.6 Å². The van der Waals surface area contributed by atoms with Gasteiger partial charge in [-0.1, -0.05) is 20.8 Å². The summed E-state index contributed by atoms with van der Waals surface area (Å²) < 4.78 is 0. The summed E-state index contributed by atoms with van der Waals surface area (Å²) in [5.41, 5.74) is -0.910. The number of H-pyrrole nitrogens is 1. The molecule has 6 nitrogen and oxygen atoms in total. The number of carbonyl (C=O) groups is 1. The molecule has 0 saturated carbocycles. The van der Waals surface area contributed by atoms with Crippen molar-refractivity contribution in [2.24, 2.45) is 5.92 Å². The summed E-state index contributed by atoms with van der Waals surface area (Å²) in [5.74, 6) is 0.847. The quantitative estimate of drug-likeness (QED) is 0.695. The minimum atomic E-state index is -0.910. The van der Waals surface area contributed by atoms with Gasteiger partial charge in [-0.05, 0) is 25.7 Å². The van der Waals surface area contributed by atoms with E-state index >= 15 is 0 Å². The molecule has 0 aliphatic rings. The number of amides is 1. The molecule has 1 aromatic rings. The van der Waals surface area contributed by atoms with E-state index < -0.39 is 5.60 Å². The topological polar surface area (TPSA) is 90.9 Å². The maximum absolute atomic E-state index is 11.8. The number of nitrogens with zero attached hydrogens (tertiary/aromatic N) is 2. The molecule has 0 aromatic carbocycles. The van der Waals surface area contributed by atoms with Crippen LogP contribution in [-0.2, 0) is 6.42 Å². The molecule has 1 heterocycles. The second kappa shape index (κ2) is 6.65. The van der Waals surface area contributed by atoms with Gasteiger partial charge in [0, 0.05) is 13.0 Å². The molecule has 1 aromatic heterocycles. The lowest BCUT2D eigenvalue weighted by molar-refractivity contribution is 0.0366. The largest absolute Gasteiger partial charge is 0.388 e. The Hall–Kier alpha value is -1.43. The predicted octanol–water partition coefficient (Wildman–Crippen LogP) is 1.28. The molecule has 1 unspecified atom stereocenters. The lowest BCUT2D eigenvalue weighted by atomic mass is 9.94. The van der Waals surface area contributed by atoms with E-state index in [1.54, 1.807) is 6.92 Å². The molecule has 0 spiro atoms. The SMILES string of the molecule is CCCc1nc(C(=O)NCC(C)(O)CC(C)C)n[nH]1. The van der Waals surface area contributed by atoms with Gasteiger partial charge in [-0.3, -0.25) is 9.89 Å². The van der Waals surface area contributed by atoms with E-state index in [1.165, 1.54) is 0 Å². The zero-order valence-corrected chi connectivity index (χ0v) is 12.2. The molecule has 0 aliphatic heterocycles. The zero-order chi connectivity index (χ0) is 14.5. The highest BCUT2D eigenvalue weighted by molar-refractivity contribution is 5.90. The molecule has 0 radical (unpaired) electrons. The molecule has 6 heteroatoms. The molecule has 0 saturated heterocycles. The van der Waals surface area contributed by atoms with Crippen LogP contribution in [0.4, 0.5) is 0 Å². The van der Waals surface area contributed by atoms with Crippen molar-refractivity contribution in [1.29, 1.82) is 0 Å². The number of nitrogens with one attached hydrogen (secondary N) is 2. The van der Waals surface area contributed by atoms with Crippen LogP contribution in [0.1, 0.15) is 57.0 Å². The van der Waals surface area contributed by atoms with Crippen LogP contribution in [0.5, 0.6) is 0 Å². The minimum absolute atomic E-state index is 0.129. The third-order valence-corrected chi connectivity index (χ3v) is 2.70. The van der Waals surface area contributed by atoms with Gasteiger partial charge in [0.25, 0.3) is 5.91 Å². The Morgan fingerprint density at radius 3 is 2.79 bits per heavy atom. The first-order chi connectivity index (χ1) is 8.84. The third-order valence-electron chi connectivity index (χ3n) is 2.70. The van der Waals surface area contributed by atoms with Crippen molar-refractivity contribution >= 4 is 5.91 Å². The Labute approximate surface area is 114 Å². The van der Waals surface area contributed by atoms with Gasteiger partial charge in [0.2, 0.25) is 5.82 Å². The fourth-order valence-electron chi connectivity index (χ4n) is 2.05. The molecule has 3 N–H and O–H groups in total. The van der Waals surface area contributed by atoms with Crippen molar-refractivity contribution in [3.8, 4) is 0 Å². The lowest BCUT2D eigenvalue weighted by Gasteiger charge is -2.25. The van der Waals surface area contributed by atoms with Crippen LogP contribution in [-0.4, -0.2) is 38.3 Å². The van der Waals surface area contributed by atoms with E-state index in [9.17, 15) is 9.90 Å². The number of aromatic nitrogens is 3. The summed E-state index contributed by atoms with van der Waals surface area (Å²) in [6.07, 6.45) is 2.34. The third kappa shape index (κ3) is 5.38. The average Bonchev–Trinajstić information content (AvgIpc) is 2.73. The van der Waals surface area contributed by atoms with Crippen LogP contribution in [0.25, 0.3) is 0 Å². The Bertz CT molecular complexity index is 413. The Morgan fingerprint density at radius 2 is 2.21 bits per heavy atom. The van der Waals surface area contributed by atoms with E-state index in [4.69, 9.17) is 0 Å². The van der Waals surface area contributed by atoms with Crippen LogP contribution in [0, 0.1) is 5.92 Å². The lowest BCUT2D eigenvalue weighted by Crippen LogP contribution is -2.41. The monoisotopic (exact) mass is 268 g/mol. The summed E-state index contributed by atoms with van der Waals surface area (Å²) in [5, 5.41) is 19.4. The first-order valence-electron chi connectivity index (χ1n) is 6.76. The van der Waals surface area contributed by atoms with Crippen molar-refractivity contribution in [1.82, 2.24) is 20.5 Å². The molecule has 0 bridgehead atoms. The number of hydrogen-bond acceptors (Lipinski definition) is 4. The highest BCUT2D eigenvalue weighted by Crippen LogP contribution is 2.15. The number of rotatable bonds is 7.